The number of aromatic hydroxyl groups is 1. The zero-order valence-electron chi connectivity index (χ0n) is 25.5. The predicted octanol–water partition coefficient (Wildman–Crippen LogP) is 6.44. The first-order valence-electron chi connectivity index (χ1n) is 14.2. The van der Waals surface area contributed by atoms with Crippen molar-refractivity contribution in [2.75, 3.05) is 12.4 Å². The van der Waals surface area contributed by atoms with Crippen LogP contribution in [0.2, 0.25) is 0 Å². The summed E-state index contributed by atoms with van der Waals surface area (Å²) in [6.45, 7) is 9.15. The topological polar surface area (TPSA) is 108 Å². The van der Waals surface area contributed by atoms with Gasteiger partial charge in [-0.1, -0.05) is 60.7 Å². The Morgan fingerprint density at radius 3 is 2.19 bits per heavy atom. The van der Waals surface area contributed by atoms with E-state index in [0.717, 1.165) is 21.9 Å². The van der Waals surface area contributed by atoms with Crippen LogP contribution in [0.4, 0.5) is 10.5 Å². The van der Waals surface area contributed by atoms with E-state index in [-0.39, 0.29) is 12.2 Å². The fourth-order valence-corrected chi connectivity index (χ4v) is 4.85. The van der Waals surface area contributed by atoms with Gasteiger partial charge in [-0.15, -0.1) is 0 Å². The molecule has 8 heteroatoms. The minimum Gasteiger partial charge on any atom is -0.508 e. The van der Waals surface area contributed by atoms with Crippen molar-refractivity contribution in [3.63, 3.8) is 0 Å². The Balaban J connectivity index is 1.68. The second-order valence-corrected chi connectivity index (χ2v) is 11.8. The van der Waals surface area contributed by atoms with Crippen molar-refractivity contribution < 1.29 is 24.2 Å². The number of phenolic OH excluding ortho intramolecular Hbond substituents is 1. The lowest BCUT2D eigenvalue weighted by atomic mass is 9.98. The number of nitrogens with zero attached hydrogens (tertiary/aromatic N) is 1. The summed E-state index contributed by atoms with van der Waals surface area (Å²) in [6, 6.07) is 23.5. The van der Waals surface area contributed by atoms with Gasteiger partial charge in [0, 0.05) is 19.2 Å². The van der Waals surface area contributed by atoms with Gasteiger partial charge in [0.1, 0.15) is 23.4 Å². The van der Waals surface area contributed by atoms with E-state index >= 15 is 0 Å². The van der Waals surface area contributed by atoms with E-state index in [4.69, 9.17) is 4.74 Å². The molecule has 0 aliphatic rings. The van der Waals surface area contributed by atoms with E-state index in [1.807, 2.05) is 74.5 Å². The number of likely N-dealkylation sites (N-methyl/N-ethyl adjacent to an activating group) is 1. The number of hydrogen-bond acceptors (Lipinski definition) is 5. The van der Waals surface area contributed by atoms with Gasteiger partial charge >= 0.3 is 6.09 Å². The van der Waals surface area contributed by atoms with Crippen LogP contribution in [0.25, 0.3) is 10.8 Å². The van der Waals surface area contributed by atoms with Crippen LogP contribution in [0.15, 0.2) is 84.9 Å². The largest absolute Gasteiger partial charge is 0.508 e. The molecule has 2 atom stereocenters. The fraction of sp³-hybridized carbons (Fsp3) is 0.286. The van der Waals surface area contributed by atoms with Gasteiger partial charge in [-0.25, -0.2) is 4.79 Å². The van der Waals surface area contributed by atoms with E-state index in [1.54, 1.807) is 40.0 Å². The molecule has 0 radical (unpaired) electrons. The molecule has 0 aliphatic heterocycles. The van der Waals surface area contributed by atoms with Crippen molar-refractivity contribution in [3.05, 3.63) is 107 Å². The number of ether oxygens (including phenoxy) is 1. The number of amides is 3. The van der Waals surface area contributed by atoms with Gasteiger partial charge in [-0.3, -0.25) is 9.59 Å². The number of benzene rings is 4. The van der Waals surface area contributed by atoms with Crippen LogP contribution in [-0.2, 0) is 20.7 Å². The summed E-state index contributed by atoms with van der Waals surface area (Å²) in [4.78, 5) is 42.3. The molecule has 0 saturated heterocycles. The molecule has 0 heterocycles. The average molecular weight is 582 g/mol. The minimum atomic E-state index is -1.05. The Labute approximate surface area is 252 Å². The smallest absolute Gasteiger partial charge is 0.408 e. The highest BCUT2D eigenvalue weighted by molar-refractivity contribution is 6.00. The van der Waals surface area contributed by atoms with E-state index in [1.165, 1.54) is 17.0 Å². The highest BCUT2D eigenvalue weighted by atomic mass is 16.6. The van der Waals surface area contributed by atoms with Gasteiger partial charge in [-0.2, -0.15) is 0 Å². The summed E-state index contributed by atoms with van der Waals surface area (Å²) in [5.74, 6) is -0.783. The molecule has 3 amide bonds. The van der Waals surface area contributed by atoms with Gasteiger partial charge in [-0.05, 0) is 91.9 Å². The van der Waals surface area contributed by atoms with Crippen molar-refractivity contribution in [2.45, 2.75) is 58.7 Å². The Kier molecular flexibility index (Phi) is 9.39. The predicted molar refractivity (Wildman–Crippen MR) is 169 cm³/mol. The first-order chi connectivity index (χ1) is 20.3. The zero-order chi connectivity index (χ0) is 31.3. The normalized spacial score (nSPS) is 12.7. The molecule has 8 nitrogen and oxygen atoms in total. The Morgan fingerprint density at radius 1 is 0.860 bits per heavy atom. The van der Waals surface area contributed by atoms with Gasteiger partial charge < -0.3 is 25.4 Å². The average Bonchev–Trinajstić information content (AvgIpc) is 2.94. The number of carbonyl (C=O) groups excluding carboxylic acids is 3. The van der Waals surface area contributed by atoms with Crippen LogP contribution in [0.1, 0.15) is 49.1 Å². The molecule has 43 heavy (non-hydrogen) atoms. The van der Waals surface area contributed by atoms with Crippen molar-refractivity contribution in [1.29, 1.82) is 0 Å². The minimum absolute atomic E-state index is 0.0870. The number of rotatable bonds is 8. The van der Waals surface area contributed by atoms with Crippen LogP contribution >= 0.6 is 0 Å². The van der Waals surface area contributed by atoms with Gasteiger partial charge in [0.15, 0.2) is 0 Å². The maximum absolute atomic E-state index is 14.1. The van der Waals surface area contributed by atoms with Crippen LogP contribution in [0.5, 0.6) is 5.75 Å². The number of fused-ring (bicyclic) bond motifs is 1. The van der Waals surface area contributed by atoms with Crippen LogP contribution in [0.3, 0.4) is 0 Å². The Bertz CT molecular complexity index is 1630. The third kappa shape index (κ3) is 8.13. The quantitative estimate of drug-likeness (QED) is 0.222. The molecule has 4 rings (SSSR count). The molecule has 4 aromatic carbocycles. The van der Waals surface area contributed by atoms with Crippen LogP contribution in [-0.4, -0.2) is 46.6 Å². The molecular formula is C35H39N3O5. The number of anilines is 1. The molecule has 2 unspecified atom stereocenters. The van der Waals surface area contributed by atoms with E-state index in [2.05, 4.69) is 10.6 Å². The Hall–Kier alpha value is -4.85. The number of carbonyl (C=O) groups is 3. The molecule has 0 spiro atoms. The van der Waals surface area contributed by atoms with E-state index < -0.39 is 35.6 Å². The molecule has 4 aromatic rings. The van der Waals surface area contributed by atoms with Crippen LogP contribution in [0, 0.1) is 13.8 Å². The molecular weight excluding hydrogens is 542 g/mol. The lowest BCUT2D eigenvalue weighted by Crippen LogP contribution is -2.52. The fourth-order valence-electron chi connectivity index (χ4n) is 4.85. The standard InChI is InChI=1S/C35H39N3O5/c1-22-11-14-27(19-23(22)2)31(32(40)36-28-16-15-25-9-7-8-10-26(25)21-28)38(6)33(41)30(37-34(42)43-35(3,4)5)20-24-12-17-29(39)18-13-24/h7-19,21,30-31,39H,20H2,1-6H3,(H,36,40)(H,37,42). The summed E-state index contributed by atoms with van der Waals surface area (Å²) in [5.41, 5.74) is 3.22. The van der Waals surface area contributed by atoms with Crippen molar-refractivity contribution >= 4 is 34.4 Å². The molecule has 0 saturated carbocycles. The van der Waals surface area contributed by atoms with E-state index in [0.29, 0.717) is 16.8 Å². The molecule has 3 N–H and O–H groups in total. The molecule has 0 aromatic heterocycles. The van der Waals surface area contributed by atoms with Crippen LogP contribution < -0.4 is 10.6 Å². The first-order valence-corrected chi connectivity index (χ1v) is 14.2. The summed E-state index contributed by atoms with van der Waals surface area (Å²) in [5, 5.41) is 17.5. The van der Waals surface area contributed by atoms with Gasteiger partial charge in [0.2, 0.25) is 5.91 Å². The highest BCUT2D eigenvalue weighted by Crippen LogP contribution is 2.27. The summed E-state index contributed by atoms with van der Waals surface area (Å²) in [6.07, 6.45) is -0.629. The maximum Gasteiger partial charge on any atom is 0.408 e. The third-order valence-electron chi connectivity index (χ3n) is 7.21. The Morgan fingerprint density at radius 2 is 1.53 bits per heavy atom. The second kappa shape index (κ2) is 13.0. The van der Waals surface area contributed by atoms with Crippen molar-refractivity contribution in [1.82, 2.24) is 10.2 Å². The first kappa shape index (κ1) is 31.1. The number of phenols is 1. The summed E-state index contributed by atoms with van der Waals surface area (Å²) in [7, 11) is 1.56. The SMILES string of the molecule is Cc1ccc(C(C(=O)Nc2ccc3ccccc3c2)N(C)C(=O)C(Cc2ccc(O)cc2)NC(=O)OC(C)(C)C)cc1C. The highest BCUT2D eigenvalue weighted by Gasteiger charge is 2.34. The van der Waals surface area contributed by atoms with E-state index in [9.17, 15) is 19.5 Å². The molecule has 0 bridgehead atoms. The monoisotopic (exact) mass is 581 g/mol. The summed E-state index contributed by atoms with van der Waals surface area (Å²) < 4.78 is 5.45. The molecule has 224 valence electrons. The zero-order valence-corrected chi connectivity index (χ0v) is 25.5. The third-order valence-corrected chi connectivity index (χ3v) is 7.21. The number of nitrogens with one attached hydrogen (secondary N) is 2. The molecule has 0 aliphatic carbocycles. The number of hydrogen-bond donors (Lipinski definition) is 3. The second-order valence-electron chi connectivity index (χ2n) is 11.8. The van der Waals surface area contributed by atoms with Gasteiger partial charge in [0.25, 0.3) is 5.91 Å². The number of alkyl carbamates (subject to hydrolysis) is 1. The molecule has 0 fully saturated rings. The summed E-state index contributed by atoms with van der Waals surface area (Å²) >= 11 is 0. The van der Waals surface area contributed by atoms with Crippen molar-refractivity contribution in [2.24, 2.45) is 0 Å². The number of aryl methyl sites for hydroxylation is 2. The lowest BCUT2D eigenvalue weighted by Gasteiger charge is -2.32. The lowest BCUT2D eigenvalue weighted by molar-refractivity contribution is -0.139. The van der Waals surface area contributed by atoms with Gasteiger partial charge in [0.05, 0.1) is 0 Å². The van der Waals surface area contributed by atoms with Crippen molar-refractivity contribution in [3.8, 4) is 5.75 Å². The maximum atomic E-state index is 14.1.